The van der Waals surface area contributed by atoms with Gasteiger partial charge in [-0.15, -0.1) is 0 Å². The molecule has 7 nitrogen and oxygen atoms in total. The van der Waals surface area contributed by atoms with Crippen LogP contribution in [0.5, 0.6) is 0 Å². The maximum absolute atomic E-state index is 5.74. The number of hydrogen-bond donors (Lipinski definition) is 2. The third kappa shape index (κ3) is 11.3. The molecule has 1 heterocycles. The molecular formula is C16H33N3O4. The molecule has 136 valence electrons. The quantitative estimate of drug-likeness (QED) is 0.295. The summed E-state index contributed by atoms with van der Waals surface area (Å²) in [7, 11) is 1.68. The van der Waals surface area contributed by atoms with E-state index in [1.807, 2.05) is 0 Å². The van der Waals surface area contributed by atoms with Crippen molar-refractivity contribution in [2.24, 2.45) is 4.99 Å². The van der Waals surface area contributed by atoms with Crippen molar-refractivity contribution in [2.45, 2.75) is 32.3 Å². The van der Waals surface area contributed by atoms with E-state index in [-0.39, 0.29) is 6.10 Å². The number of hydrogen-bond acceptors (Lipinski definition) is 5. The van der Waals surface area contributed by atoms with Crippen LogP contribution in [0.15, 0.2) is 4.99 Å². The molecule has 23 heavy (non-hydrogen) atoms. The molecule has 0 amide bonds. The third-order valence-corrected chi connectivity index (χ3v) is 3.35. The molecule has 0 spiro atoms. The van der Waals surface area contributed by atoms with E-state index in [2.05, 4.69) is 22.5 Å². The maximum atomic E-state index is 5.74. The molecule has 0 bridgehead atoms. The van der Waals surface area contributed by atoms with Crippen LogP contribution in [0.3, 0.4) is 0 Å². The summed E-state index contributed by atoms with van der Waals surface area (Å²) in [6, 6.07) is 0. The van der Waals surface area contributed by atoms with Crippen molar-refractivity contribution in [1.82, 2.24) is 10.6 Å². The van der Waals surface area contributed by atoms with Gasteiger partial charge in [0, 0.05) is 46.6 Å². The van der Waals surface area contributed by atoms with E-state index in [0.29, 0.717) is 19.8 Å². The van der Waals surface area contributed by atoms with E-state index >= 15 is 0 Å². The molecule has 0 radical (unpaired) electrons. The van der Waals surface area contributed by atoms with Crippen LogP contribution in [-0.2, 0) is 18.9 Å². The summed E-state index contributed by atoms with van der Waals surface area (Å²) >= 11 is 0. The number of methoxy groups -OCH3 is 1. The minimum Gasteiger partial charge on any atom is -0.382 e. The van der Waals surface area contributed by atoms with Crippen molar-refractivity contribution in [1.29, 1.82) is 0 Å². The van der Waals surface area contributed by atoms with E-state index in [1.54, 1.807) is 7.11 Å². The SMILES string of the molecule is CCNC(=NCCCOCCOC)NCCCOC1CCOC1. The average Bonchev–Trinajstić information content (AvgIpc) is 3.07. The fraction of sp³-hybridized carbons (Fsp3) is 0.938. The second-order valence-electron chi connectivity index (χ2n) is 5.36. The molecule has 1 fully saturated rings. The fourth-order valence-corrected chi connectivity index (χ4v) is 2.12. The smallest absolute Gasteiger partial charge is 0.191 e. The van der Waals surface area contributed by atoms with Gasteiger partial charge in [0.25, 0.3) is 0 Å². The van der Waals surface area contributed by atoms with Crippen LogP contribution in [0.4, 0.5) is 0 Å². The Balaban J connectivity index is 2.01. The Morgan fingerprint density at radius 2 is 2.09 bits per heavy atom. The van der Waals surface area contributed by atoms with Crippen LogP contribution in [-0.4, -0.2) is 78.4 Å². The van der Waals surface area contributed by atoms with Gasteiger partial charge < -0.3 is 29.6 Å². The zero-order chi connectivity index (χ0) is 16.6. The average molecular weight is 331 g/mol. The summed E-state index contributed by atoms with van der Waals surface area (Å²) in [4.78, 5) is 4.53. The van der Waals surface area contributed by atoms with Crippen LogP contribution >= 0.6 is 0 Å². The molecule has 0 aromatic rings. The lowest BCUT2D eigenvalue weighted by molar-refractivity contribution is 0.0420. The first-order chi connectivity index (χ1) is 11.4. The molecule has 1 unspecified atom stereocenters. The van der Waals surface area contributed by atoms with Crippen LogP contribution < -0.4 is 10.6 Å². The van der Waals surface area contributed by atoms with Crippen LogP contribution in [0, 0.1) is 0 Å². The lowest BCUT2D eigenvalue weighted by atomic mass is 10.3. The van der Waals surface area contributed by atoms with E-state index in [0.717, 1.165) is 64.7 Å². The highest BCUT2D eigenvalue weighted by atomic mass is 16.5. The first-order valence-electron chi connectivity index (χ1n) is 8.65. The molecule has 0 aromatic heterocycles. The van der Waals surface area contributed by atoms with Crippen molar-refractivity contribution < 1.29 is 18.9 Å². The monoisotopic (exact) mass is 331 g/mol. The first-order valence-corrected chi connectivity index (χ1v) is 8.65. The van der Waals surface area contributed by atoms with Crippen molar-refractivity contribution >= 4 is 5.96 Å². The number of guanidine groups is 1. The third-order valence-electron chi connectivity index (χ3n) is 3.35. The number of aliphatic imine (C=N–C) groups is 1. The van der Waals surface area contributed by atoms with Crippen molar-refractivity contribution in [3.8, 4) is 0 Å². The lowest BCUT2D eigenvalue weighted by Gasteiger charge is -2.13. The highest BCUT2D eigenvalue weighted by Gasteiger charge is 2.15. The molecular weight excluding hydrogens is 298 g/mol. The normalized spacial score (nSPS) is 18.3. The summed E-state index contributed by atoms with van der Waals surface area (Å²) in [5, 5.41) is 6.57. The second kappa shape index (κ2) is 14.7. The molecule has 0 aliphatic carbocycles. The minimum atomic E-state index is 0.287. The fourth-order valence-electron chi connectivity index (χ4n) is 2.12. The number of rotatable bonds is 13. The van der Waals surface area contributed by atoms with Gasteiger partial charge in [-0.25, -0.2) is 0 Å². The lowest BCUT2D eigenvalue weighted by Crippen LogP contribution is -2.38. The highest BCUT2D eigenvalue weighted by molar-refractivity contribution is 5.79. The Kier molecular flexibility index (Phi) is 12.9. The zero-order valence-corrected chi connectivity index (χ0v) is 14.6. The van der Waals surface area contributed by atoms with Crippen LogP contribution in [0.2, 0.25) is 0 Å². The standard InChI is InChI=1S/C16H33N3O4/c1-3-17-16(18-7-4-9-21-13-12-20-2)19-8-5-10-23-15-6-11-22-14-15/h15H,3-14H2,1-2H3,(H2,17,18,19). The molecule has 1 aliphatic rings. The summed E-state index contributed by atoms with van der Waals surface area (Å²) in [6.07, 6.45) is 3.17. The number of nitrogens with zero attached hydrogens (tertiary/aromatic N) is 1. The van der Waals surface area contributed by atoms with E-state index in [1.165, 1.54) is 0 Å². The Labute approximate surface area is 140 Å². The van der Waals surface area contributed by atoms with Gasteiger partial charge in [0.1, 0.15) is 0 Å². The van der Waals surface area contributed by atoms with E-state index < -0.39 is 0 Å². The van der Waals surface area contributed by atoms with Crippen molar-refractivity contribution in [2.75, 3.05) is 66.4 Å². The van der Waals surface area contributed by atoms with Crippen molar-refractivity contribution in [3.63, 3.8) is 0 Å². The molecule has 2 N–H and O–H groups in total. The van der Waals surface area contributed by atoms with Gasteiger partial charge in [0.05, 0.1) is 25.9 Å². The molecule has 0 aromatic carbocycles. The molecule has 0 saturated carbocycles. The Morgan fingerprint density at radius 3 is 2.83 bits per heavy atom. The van der Waals surface area contributed by atoms with Gasteiger partial charge in [0.15, 0.2) is 5.96 Å². The summed E-state index contributed by atoms with van der Waals surface area (Å²) in [5.74, 6) is 0.855. The number of nitrogens with one attached hydrogen (secondary N) is 2. The van der Waals surface area contributed by atoms with Gasteiger partial charge in [-0.05, 0) is 26.2 Å². The molecule has 1 aliphatic heterocycles. The van der Waals surface area contributed by atoms with Crippen molar-refractivity contribution in [3.05, 3.63) is 0 Å². The molecule has 1 rings (SSSR count). The van der Waals surface area contributed by atoms with Gasteiger partial charge in [-0.2, -0.15) is 0 Å². The van der Waals surface area contributed by atoms with Gasteiger partial charge in [-0.3, -0.25) is 4.99 Å². The molecule has 7 heteroatoms. The van der Waals surface area contributed by atoms with E-state index in [4.69, 9.17) is 18.9 Å². The Bertz CT molecular complexity index is 297. The minimum absolute atomic E-state index is 0.287. The highest BCUT2D eigenvalue weighted by Crippen LogP contribution is 2.07. The predicted molar refractivity (Wildman–Crippen MR) is 91.1 cm³/mol. The van der Waals surface area contributed by atoms with Gasteiger partial charge >= 0.3 is 0 Å². The predicted octanol–water partition coefficient (Wildman–Crippen LogP) is 0.790. The molecule has 1 atom stereocenters. The summed E-state index contributed by atoms with van der Waals surface area (Å²) < 4.78 is 21.4. The zero-order valence-electron chi connectivity index (χ0n) is 14.6. The summed E-state index contributed by atoms with van der Waals surface area (Å²) in [5.41, 5.74) is 0. The largest absolute Gasteiger partial charge is 0.382 e. The number of ether oxygens (including phenoxy) is 4. The Hall–Kier alpha value is -0.890. The van der Waals surface area contributed by atoms with Crippen LogP contribution in [0.1, 0.15) is 26.2 Å². The van der Waals surface area contributed by atoms with E-state index in [9.17, 15) is 0 Å². The summed E-state index contributed by atoms with van der Waals surface area (Å²) in [6.45, 7) is 8.84. The molecule has 1 saturated heterocycles. The topological polar surface area (TPSA) is 73.3 Å². The van der Waals surface area contributed by atoms with Crippen LogP contribution in [0.25, 0.3) is 0 Å². The second-order valence-corrected chi connectivity index (χ2v) is 5.36. The Morgan fingerprint density at radius 1 is 1.17 bits per heavy atom. The van der Waals surface area contributed by atoms with Gasteiger partial charge in [-0.1, -0.05) is 0 Å². The first kappa shape index (κ1) is 20.2. The maximum Gasteiger partial charge on any atom is 0.191 e. The van der Waals surface area contributed by atoms with Gasteiger partial charge in [0.2, 0.25) is 0 Å².